The quantitative estimate of drug-likeness (QED) is 0.262. The molecule has 0 aliphatic rings. The standard InChI is InChI=1S/C30H33N7O6/c1-17(2)23(24(39)26-35-36-28(43-26)30(4,5)20-13-12-18(3)31-14-20)34-22(38)16-37-25(19-10-8-7-9-11-19)32-15-21(27(37)40)33-29(41)42-6/h7-15,17,23H,16H2,1-6H3,(H,33,41)(H,34,38)/t23-/m0/s1. The molecule has 0 unspecified atom stereocenters. The topological polar surface area (TPSA) is 171 Å². The number of nitrogens with one attached hydrogen (secondary N) is 2. The van der Waals surface area contributed by atoms with Crippen LogP contribution in [0.1, 0.15) is 55.5 Å². The largest absolute Gasteiger partial charge is 0.453 e. The summed E-state index contributed by atoms with van der Waals surface area (Å²) in [7, 11) is 1.16. The predicted octanol–water partition coefficient (Wildman–Crippen LogP) is 3.52. The number of ketones is 1. The number of Topliss-reactive ketones (excluding diaryl/α,β-unsaturated/α-hetero) is 1. The highest BCUT2D eigenvalue weighted by Crippen LogP contribution is 2.30. The van der Waals surface area contributed by atoms with E-state index in [1.165, 1.54) is 6.20 Å². The van der Waals surface area contributed by atoms with Crippen LogP contribution in [-0.4, -0.2) is 55.7 Å². The van der Waals surface area contributed by atoms with Crippen molar-refractivity contribution in [1.29, 1.82) is 0 Å². The molecule has 0 fully saturated rings. The van der Waals surface area contributed by atoms with Gasteiger partial charge in [-0.2, -0.15) is 0 Å². The van der Waals surface area contributed by atoms with Gasteiger partial charge in [0, 0.05) is 17.5 Å². The van der Waals surface area contributed by atoms with Crippen molar-refractivity contribution in [2.24, 2.45) is 5.92 Å². The van der Waals surface area contributed by atoms with Crippen molar-refractivity contribution < 1.29 is 23.5 Å². The fraction of sp³-hybridized carbons (Fsp3) is 0.333. The van der Waals surface area contributed by atoms with Crippen molar-refractivity contribution in [1.82, 2.24) is 30.0 Å². The monoisotopic (exact) mass is 587 g/mol. The third-order valence-electron chi connectivity index (χ3n) is 6.87. The number of aryl methyl sites for hydroxylation is 1. The van der Waals surface area contributed by atoms with Gasteiger partial charge < -0.3 is 14.5 Å². The lowest BCUT2D eigenvalue weighted by Gasteiger charge is -2.21. The van der Waals surface area contributed by atoms with Gasteiger partial charge in [0.1, 0.15) is 18.1 Å². The minimum absolute atomic E-state index is 0.180. The number of carbonyl (C=O) groups is 3. The number of methoxy groups -OCH3 is 1. The van der Waals surface area contributed by atoms with Crippen LogP contribution in [-0.2, 0) is 21.5 Å². The molecule has 2 N–H and O–H groups in total. The number of rotatable bonds is 10. The van der Waals surface area contributed by atoms with Crippen molar-refractivity contribution in [3.63, 3.8) is 0 Å². The molecule has 0 bridgehead atoms. The molecule has 0 radical (unpaired) electrons. The van der Waals surface area contributed by atoms with Gasteiger partial charge in [-0.1, -0.05) is 50.2 Å². The molecule has 2 amide bonds. The van der Waals surface area contributed by atoms with Crippen LogP contribution in [0.4, 0.5) is 10.5 Å². The van der Waals surface area contributed by atoms with E-state index in [-0.39, 0.29) is 29.2 Å². The number of benzene rings is 1. The second kappa shape index (κ2) is 12.8. The molecule has 13 nitrogen and oxygen atoms in total. The van der Waals surface area contributed by atoms with Gasteiger partial charge in [-0.3, -0.25) is 29.3 Å². The average Bonchev–Trinajstić information content (AvgIpc) is 3.50. The van der Waals surface area contributed by atoms with E-state index in [9.17, 15) is 19.2 Å². The highest BCUT2D eigenvalue weighted by Gasteiger charge is 2.34. The second-order valence-corrected chi connectivity index (χ2v) is 10.7. The van der Waals surface area contributed by atoms with Crippen LogP contribution in [0, 0.1) is 12.8 Å². The van der Waals surface area contributed by atoms with Crippen molar-refractivity contribution in [2.45, 2.75) is 52.6 Å². The Balaban J connectivity index is 1.59. The second-order valence-electron chi connectivity index (χ2n) is 10.7. The molecule has 4 rings (SSSR count). The first-order chi connectivity index (χ1) is 20.4. The Hall–Kier alpha value is -5.20. The number of anilines is 1. The van der Waals surface area contributed by atoms with E-state index < -0.39 is 41.3 Å². The SMILES string of the molecule is COC(=O)Nc1cnc(-c2ccccc2)n(CC(=O)N[C@H](C(=O)c2nnc(C(C)(C)c3ccc(C)nc3)o2)C(C)C)c1=O. The summed E-state index contributed by atoms with van der Waals surface area (Å²) in [5.74, 6) is -1.43. The van der Waals surface area contributed by atoms with E-state index in [0.29, 0.717) is 5.56 Å². The van der Waals surface area contributed by atoms with Gasteiger partial charge in [0.25, 0.3) is 11.4 Å². The molecule has 1 atom stereocenters. The minimum atomic E-state index is -1.04. The summed E-state index contributed by atoms with van der Waals surface area (Å²) in [5, 5.41) is 13.1. The third kappa shape index (κ3) is 6.83. The normalized spacial score (nSPS) is 12.1. The van der Waals surface area contributed by atoms with Crippen LogP contribution in [0.2, 0.25) is 0 Å². The lowest BCUT2D eigenvalue weighted by molar-refractivity contribution is -0.122. The number of aromatic nitrogens is 5. The number of hydrogen-bond acceptors (Lipinski definition) is 10. The maximum absolute atomic E-state index is 13.5. The molecule has 13 heteroatoms. The van der Waals surface area contributed by atoms with Crippen molar-refractivity contribution >= 4 is 23.5 Å². The van der Waals surface area contributed by atoms with Crippen molar-refractivity contribution in [3.8, 4) is 11.4 Å². The first-order valence-electron chi connectivity index (χ1n) is 13.5. The molecule has 0 aliphatic carbocycles. The number of ether oxygens (including phenoxy) is 1. The summed E-state index contributed by atoms with van der Waals surface area (Å²) < 4.78 is 11.5. The van der Waals surface area contributed by atoms with E-state index in [1.807, 2.05) is 32.9 Å². The van der Waals surface area contributed by atoms with Gasteiger partial charge in [-0.25, -0.2) is 9.78 Å². The lowest BCUT2D eigenvalue weighted by Crippen LogP contribution is -2.46. The summed E-state index contributed by atoms with van der Waals surface area (Å²) in [6.45, 7) is 8.65. The van der Waals surface area contributed by atoms with Gasteiger partial charge in [0.15, 0.2) is 0 Å². The Morgan fingerprint density at radius 3 is 2.37 bits per heavy atom. The van der Waals surface area contributed by atoms with Crippen LogP contribution >= 0.6 is 0 Å². The average molecular weight is 588 g/mol. The fourth-order valence-corrected chi connectivity index (χ4v) is 4.27. The van der Waals surface area contributed by atoms with Crippen LogP contribution in [0.15, 0.2) is 64.1 Å². The smallest absolute Gasteiger partial charge is 0.411 e. The molecule has 0 saturated heterocycles. The van der Waals surface area contributed by atoms with Gasteiger partial charge in [-0.05, 0) is 38.3 Å². The maximum Gasteiger partial charge on any atom is 0.411 e. The van der Waals surface area contributed by atoms with Crippen LogP contribution in [0.5, 0.6) is 0 Å². The van der Waals surface area contributed by atoms with Gasteiger partial charge in [0.2, 0.25) is 17.6 Å². The first-order valence-corrected chi connectivity index (χ1v) is 13.5. The van der Waals surface area contributed by atoms with E-state index in [0.717, 1.165) is 22.9 Å². The predicted molar refractivity (Wildman–Crippen MR) is 156 cm³/mol. The summed E-state index contributed by atoms with van der Waals surface area (Å²) in [5.41, 5.74) is 0.659. The minimum Gasteiger partial charge on any atom is -0.453 e. The van der Waals surface area contributed by atoms with Crippen molar-refractivity contribution in [2.75, 3.05) is 12.4 Å². The number of nitrogens with zero attached hydrogens (tertiary/aromatic N) is 5. The Morgan fingerprint density at radius 1 is 1.02 bits per heavy atom. The van der Waals surface area contributed by atoms with E-state index in [4.69, 9.17) is 4.42 Å². The summed E-state index contributed by atoms with van der Waals surface area (Å²) >= 11 is 0. The van der Waals surface area contributed by atoms with Crippen LogP contribution in [0.3, 0.4) is 0 Å². The fourth-order valence-electron chi connectivity index (χ4n) is 4.27. The van der Waals surface area contributed by atoms with Crippen molar-refractivity contribution in [3.05, 3.63) is 88.3 Å². The summed E-state index contributed by atoms with van der Waals surface area (Å²) in [4.78, 5) is 60.5. The highest BCUT2D eigenvalue weighted by molar-refractivity contribution is 5.98. The molecular formula is C30H33N7O6. The molecule has 224 valence electrons. The molecule has 0 saturated carbocycles. The zero-order chi connectivity index (χ0) is 31.3. The van der Waals surface area contributed by atoms with E-state index in [2.05, 4.69) is 35.5 Å². The molecule has 3 aromatic heterocycles. The Kier molecular flexibility index (Phi) is 9.12. The molecule has 43 heavy (non-hydrogen) atoms. The number of amides is 2. The first kappa shape index (κ1) is 30.8. The number of hydrogen-bond donors (Lipinski definition) is 2. The zero-order valence-electron chi connectivity index (χ0n) is 24.7. The molecule has 3 heterocycles. The summed E-state index contributed by atoms with van der Waals surface area (Å²) in [6, 6.07) is 11.5. The maximum atomic E-state index is 13.5. The number of carbonyl (C=O) groups excluding carboxylic acids is 3. The molecule has 1 aromatic carbocycles. The summed E-state index contributed by atoms with van der Waals surface area (Å²) in [6.07, 6.45) is 2.04. The van der Waals surface area contributed by atoms with Crippen LogP contribution < -0.4 is 16.2 Å². The Bertz CT molecular complexity index is 1680. The van der Waals surface area contributed by atoms with Gasteiger partial charge >= 0.3 is 6.09 Å². The molecular weight excluding hydrogens is 554 g/mol. The molecule has 4 aromatic rings. The Labute approximate surface area is 247 Å². The molecule has 0 aliphatic heterocycles. The van der Waals surface area contributed by atoms with Gasteiger partial charge in [-0.15, -0.1) is 10.2 Å². The van der Waals surface area contributed by atoms with E-state index >= 15 is 0 Å². The highest BCUT2D eigenvalue weighted by atomic mass is 16.5. The van der Waals surface area contributed by atoms with Gasteiger partial charge in [0.05, 0.1) is 24.8 Å². The lowest BCUT2D eigenvalue weighted by atomic mass is 9.85. The number of pyridine rings is 1. The zero-order valence-corrected chi connectivity index (χ0v) is 24.7. The molecule has 0 spiro atoms. The van der Waals surface area contributed by atoms with E-state index in [1.54, 1.807) is 50.4 Å². The van der Waals surface area contributed by atoms with Crippen LogP contribution in [0.25, 0.3) is 11.4 Å². The third-order valence-corrected chi connectivity index (χ3v) is 6.87. The Morgan fingerprint density at radius 2 is 1.74 bits per heavy atom.